The van der Waals surface area contributed by atoms with Crippen molar-refractivity contribution in [2.75, 3.05) is 13.1 Å². The molecule has 6 rings (SSSR count). The Morgan fingerprint density at radius 3 is 2.38 bits per heavy atom. The van der Waals surface area contributed by atoms with Crippen LogP contribution >= 0.6 is 11.3 Å². The number of halogens is 1. The van der Waals surface area contributed by atoms with Gasteiger partial charge in [-0.05, 0) is 87.9 Å². The van der Waals surface area contributed by atoms with Crippen LogP contribution in [0.3, 0.4) is 0 Å². The second-order valence-electron chi connectivity index (χ2n) is 12.9. The molecule has 2 aliphatic rings. The number of aromatic hydroxyl groups is 1. The molecule has 0 spiro atoms. The number of rotatable bonds is 9. The van der Waals surface area contributed by atoms with Crippen molar-refractivity contribution in [3.05, 3.63) is 87.8 Å². The molecular formula is C36H41FN6O4S. The van der Waals surface area contributed by atoms with E-state index < -0.39 is 11.7 Å². The van der Waals surface area contributed by atoms with E-state index in [4.69, 9.17) is 4.74 Å². The van der Waals surface area contributed by atoms with Gasteiger partial charge in [0.1, 0.15) is 22.9 Å². The Morgan fingerprint density at radius 2 is 1.69 bits per heavy atom. The van der Waals surface area contributed by atoms with E-state index in [-0.39, 0.29) is 35.2 Å². The third-order valence-corrected chi connectivity index (χ3v) is 9.72. The summed E-state index contributed by atoms with van der Waals surface area (Å²) in [6.45, 7) is 8.60. The van der Waals surface area contributed by atoms with Gasteiger partial charge < -0.3 is 25.8 Å². The van der Waals surface area contributed by atoms with Crippen LogP contribution in [0, 0.1) is 12.7 Å². The number of thiazole rings is 1. The zero-order valence-electron chi connectivity index (χ0n) is 27.3. The number of amides is 2. The smallest absolute Gasteiger partial charge is 0.280 e. The fourth-order valence-corrected chi connectivity index (χ4v) is 7.27. The first kappa shape index (κ1) is 33.5. The van der Waals surface area contributed by atoms with Crippen molar-refractivity contribution in [3.63, 3.8) is 0 Å². The molecular weight excluding hydrogens is 631 g/mol. The van der Waals surface area contributed by atoms with Gasteiger partial charge in [0.05, 0.1) is 6.20 Å². The summed E-state index contributed by atoms with van der Waals surface area (Å²) in [5.74, 6) is -0.609. The van der Waals surface area contributed by atoms with E-state index in [0.717, 1.165) is 47.7 Å². The number of ether oxygens (including phenoxy) is 1. The number of nitrogens with zero attached hydrogens (tertiary/aromatic N) is 3. The van der Waals surface area contributed by atoms with Crippen LogP contribution in [0.1, 0.15) is 70.9 Å². The minimum absolute atomic E-state index is 0.000849. The van der Waals surface area contributed by atoms with Crippen LogP contribution in [-0.2, 0) is 6.54 Å². The van der Waals surface area contributed by atoms with Gasteiger partial charge >= 0.3 is 0 Å². The molecule has 2 aromatic carbocycles. The lowest BCUT2D eigenvalue weighted by atomic mass is 9.91. The van der Waals surface area contributed by atoms with Crippen molar-refractivity contribution < 1.29 is 23.8 Å². The zero-order valence-corrected chi connectivity index (χ0v) is 28.1. The Hall–Kier alpha value is -4.39. The highest BCUT2D eigenvalue weighted by Gasteiger charge is 2.27. The van der Waals surface area contributed by atoms with Crippen LogP contribution in [0.2, 0.25) is 0 Å². The SMILES string of the molecule is Cc1csc(C(=O)NC2CCC(NC(=O)c3cc(F)cnc3Oc3cccc(-c4ccc(O)c(CN5C[C@@H](C)N[C@@H](C)C5)c4)c3)CC2)n1. The molecule has 12 heteroatoms. The zero-order chi connectivity index (χ0) is 33.8. The number of aromatic nitrogens is 2. The Labute approximate surface area is 283 Å². The number of pyridine rings is 1. The number of phenols is 1. The molecule has 252 valence electrons. The summed E-state index contributed by atoms with van der Waals surface area (Å²) in [7, 11) is 0. The van der Waals surface area contributed by atoms with Gasteiger partial charge in [-0.3, -0.25) is 14.5 Å². The lowest BCUT2D eigenvalue weighted by molar-refractivity contribution is 0.0890. The summed E-state index contributed by atoms with van der Waals surface area (Å²) < 4.78 is 20.4. The standard InChI is InChI=1S/C36H41FN6O4S/c1-21-17-43(18-22(2)39-21)19-26-13-25(7-12-32(26)44)24-5-4-6-30(14-24)47-35-31(15-27(37)16-38-35)33(45)41-28-8-10-29(11-9-28)42-34(46)36-40-23(3)20-48-36/h4-7,12-16,20-22,28-29,39,44H,8-11,17-19H2,1-3H3,(H,41,45)(H,42,46)/t21-,22+,28?,29?. The van der Waals surface area contributed by atoms with Crippen molar-refractivity contribution in [2.24, 2.45) is 0 Å². The van der Waals surface area contributed by atoms with Crippen molar-refractivity contribution in [2.45, 2.75) is 77.2 Å². The molecule has 3 heterocycles. The average Bonchev–Trinajstić information content (AvgIpc) is 3.50. The van der Waals surface area contributed by atoms with Gasteiger partial charge in [0.25, 0.3) is 11.8 Å². The third-order valence-electron chi connectivity index (χ3n) is 8.76. The topological polar surface area (TPSA) is 129 Å². The van der Waals surface area contributed by atoms with Crippen LogP contribution in [0.5, 0.6) is 17.4 Å². The molecule has 4 aromatic rings. The average molecular weight is 673 g/mol. The van der Waals surface area contributed by atoms with Crippen molar-refractivity contribution >= 4 is 23.2 Å². The number of aryl methyl sites for hydroxylation is 1. The summed E-state index contributed by atoms with van der Waals surface area (Å²) in [5.41, 5.74) is 3.42. The minimum Gasteiger partial charge on any atom is -0.508 e. The second-order valence-corrected chi connectivity index (χ2v) is 13.8. The molecule has 2 aromatic heterocycles. The van der Waals surface area contributed by atoms with E-state index in [1.807, 2.05) is 42.6 Å². The van der Waals surface area contributed by atoms with Gasteiger partial charge in [0.15, 0.2) is 5.01 Å². The lowest BCUT2D eigenvalue weighted by Crippen LogP contribution is -2.53. The second kappa shape index (κ2) is 14.8. The monoisotopic (exact) mass is 672 g/mol. The quantitative estimate of drug-likeness (QED) is 0.176. The Morgan fingerprint density at radius 1 is 1.00 bits per heavy atom. The summed E-state index contributed by atoms with van der Waals surface area (Å²) >= 11 is 1.32. The molecule has 0 bridgehead atoms. The van der Waals surface area contributed by atoms with E-state index in [9.17, 15) is 19.1 Å². The minimum atomic E-state index is -0.644. The number of hydrogen-bond donors (Lipinski definition) is 4. The molecule has 2 atom stereocenters. The maximum atomic E-state index is 14.3. The molecule has 48 heavy (non-hydrogen) atoms. The van der Waals surface area contributed by atoms with Gasteiger partial charge in [-0.15, -0.1) is 11.3 Å². The van der Waals surface area contributed by atoms with Crippen LogP contribution in [-0.4, -0.2) is 69.0 Å². The van der Waals surface area contributed by atoms with Crippen molar-refractivity contribution in [1.82, 2.24) is 30.8 Å². The highest BCUT2D eigenvalue weighted by atomic mass is 32.1. The lowest BCUT2D eigenvalue weighted by Gasteiger charge is -2.36. The van der Waals surface area contributed by atoms with Crippen LogP contribution in [0.4, 0.5) is 4.39 Å². The molecule has 1 aliphatic carbocycles. The molecule has 1 saturated heterocycles. The number of carbonyl (C=O) groups is 2. The van der Waals surface area contributed by atoms with E-state index >= 15 is 0 Å². The number of phenolic OH excluding ortho intramolecular Hbond substituents is 1. The third kappa shape index (κ3) is 8.36. The first-order valence-electron chi connectivity index (χ1n) is 16.4. The number of piperazine rings is 1. The number of benzene rings is 2. The van der Waals surface area contributed by atoms with Gasteiger partial charge in [0, 0.05) is 60.4 Å². The predicted molar refractivity (Wildman–Crippen MR) is 183 cm³/mol. The fourth-order valence-electron chi connectivity index (χ4n) is 6.57. The number of nitrogens with one attached hydrogen (secondary N) is 3. The summed E-state index contributed by atoms with van der Waals surface area (Å²) in [5, 5.41) is 22.5. The fraction of sp³-hybridized carbons (Fsp3) is 0.389. The van der Waals surface area contributed by atoms with Crippen LogP contribution in [0.15, 0.2) is 60.1 Å². The number of carbonyl (C=O) groups excluding carboxylic acids is 2. The molecule has 10 nitrogen and oxygen atoms in total. The Bertz CT molecular complexity index is 1760. The molecule has 1 saturated carbocycles. The molecule has 0 unspecified atom stereocenters. The van der Waals surface area contributed by atoms with Crippen molar-refractivity contribution in [3.8, 4) is 28.5 Å². The maximum absolute atomic E-state index is 14.3. The van der Waals surface area contributed by atoms with Gasteiger partial charge in [-0.2, -0.15) is 0 Å². The Kier molecular flexibility index (Phi) is 10.3. The van der Waals surface area contributed by atoms with Crippen LogP contribution < -0.4 is 20.7 Å². The van der Waals surface area contributed by atoms with E-state index in [1.54, 1.807) is 12.1 Å². The van der Waals surface area contributed by atoms with E-state index in [2.05, 4.69) is 44.7 Å². The molecule has 4 N–H and O–H groups in total. The first-order valence-corrected chi connectivity index (χ1v) is 17.3. The summed E-state index contributed by atoms with van der Waals surface area (Å²) in [6, 6.07) is 14.7. The molecule has 2 amide bonds. The maximum Gasteiger partial charge on any atom is 0.280 e. The summed E-state index contributed by atoms with van der Waals surface area (Å²) in [4.78, 5) is 36.6. The molecule has 2 fully saturated rings. The first-order chi connectivity index (χ1) is 23.1. The Balaban J connectivity index is 1.10. The van der Waals surface area contributed by atoms with Gasteiger partial charge in [-0.25, -0.2) is 14.4 Å². The highest BCUT2D eigenvalue weighted by Crippen LogP contribution is 2.32. The normalized spacial score (nSPS) is 21.4. The van der Waals surface area contributed by atoms with Gasteiger partial charge in [0.2, 0.25) is 5.88 Å². The largest absolute Gasteiger partial charge is 0.508 e. The number of hydrogen-bond acceptors (Lipinski definition) is 9. The predicted octanol–water partition coefficient (Wildman–Crippen LogP) is 5.80. The highest BCUT2D eigenvalue weighted by molar-refractivity contribution is 7.11. The van der Waals surface area contributed by atoms with Crippen LogP contribution in [0.25, 0.3) is 11.1 Å². The molecule has 0 radical (unpaired) electrons. The van der Waals surface area contributed by atoms with E-state index in [0.29, 0.717) is 55.1 Å². The van der Waals surface area contributed by atoms with Crippen molar-refractivity contribution in [1.29, 1.82) is 0 Å². The molecule has 1 aliphatic heterocycles. The van der Waals surface area contributed by atoms with E-state index in [1.165, 1.54) is 11.3 Å². The summed E-state index contributed by atoms with van der Waals surface area (Å²) in [6.07, 6.45) is 3.75. The van der Waals surface area contributed by atoms with Gasteiger partial charge in [-0.1, -0.05) is 18.2 Å².